The van der Waals surface area contributed by atoms with Crippen molar-refractivity contribution in [2.24, 2.45) is 0 Å². The van der Waals surface area contributed by atoms with E-state index >= 15 is 0 Å². The Balaban J connectivity index is 2.51. The number of rotatable bonds is 3. The molecule has 0 heterocycles. The van der Waals surface area contributed by atoms with Crippen LogP contribution in [0.5, 0.6) is 5.75 Å². The van der Waals surface area contributed by atoms with Crippen LogP contribution in [-0.2, 0) is 0 Å². The van der Waals surface area contributed by atoms with Gasteiger partial charge in [-0.2, -0.15) is 0 Å². The van der Waals surface area contributed by atoms with Crippen molar-refractivity contribution < 1.29 is 14.2 Å². The summed E-state index contributed by atoms with van der Waals surface area (Å²) in [4.78, 5) is 0. The van der Waals surface area contributed by atoms with Crippen molar-refractivity contribution in [2.45, 2.75) is 6.10 Å². The van der Waals surface area contributed by atoms with E-state index in [4.69, 9.17) is 4.74 Å². The maximum Gasteiger partial charge on any atom is 0.129 e. The highest BCUT2D eigenvalue weighted by Crippen LogP contribution is 2.34. The average Bonchev–Trinajstić information content (AvgIpc) is 2.40. The van der Waals surface area contributed by atoms with Gasteiger partial charge in [0.1, 0.15) is 17.7 Å². The van der Waals surface area contributed by atoms with Crippen molar-refractivity contribution in [3.63, 3.8) is 0 Å². The zero-order valence-corrected chi connectivity index (χ0v) is 13.2. The molecule has 1 atom stereocenters. The van der Waals surface area contributed by atoms with Crippen LogP contribution < -0.4 is 4.74 Å². The first-order chi connectivity index (χ1) is 9.02. The molecule has 2 aromatic carbocycles. The molecule has 2 nitrogen and oxygen atoms in total. The van der Waals surface area contributed by atoms with E-state index in [9.17, 15) is 9.50 Å². The maximum absolute atomic E-state index is 13.8. The highest BCUT2D eigenvalue weighted by molar-refractivity contribution is 9.10. The molecule has 0 aromatic heterocycles. The van der Waals surface area contributed by atoms with Gasteiger partial charge in [0.25, 0.3) is 0 Å². The standard InChI is InChI=1S/C14H11Br2FO2/c1-19-13-5-3-9(16)7-11(13)14(18)10-6-8(15)2-4-12(10)17/h2-7,14,18H,1H3. The Morgan fingerprint density at radius 3 is 2.26 bits per heavy atom. The predicted octanol–water partition coefficient (Wildman–Crippen LogP) is 4.44. The van der Waals surface area contributed by atoms with Gasteiger partial charge in [0.15, 0.2) is 0 Å². The smallest absolute Gasteiger partial charge is 0.129 e. The van der Waals surface area contributed by atoms with E-state index in [-0.39, 0.29) is 5.56 Å². The summed E-state index contributed by atoms with van der Waals surface area (Å²) in [5.41, 5.74) is 0.708. The van der Waals surface area contributed by atoms with Gasteiger partial charge in [-0.15, -0.1) is 0 Å². The van der Waals surface area contributed by atoms with Gasteiger partial charge in [-0.1, -0.05) is 31.9 Å². The summed E-state index contributed by atoms with van der Waals surface area (Å²) < 4.78 is 20.5. The van der Waals surface area contributed by atoms with E-state index in [0.29, 0.717) is 15.8 Å². The number of aliphatic hydroxyl groups is 1. The summed E-state index contributed by atoms with van der Waals surface area (Å²) in [7, 11) is 1.51. The quantitative estimate of drug-likeness (QED) is 0.840. The largest absolute Gasteiger partial charge is 0.496 e. The van der Waals surface area contributed by atoms with Crippen LogP contribution in [0.25, 0.3) is 0 Å². The third-order valence-electron chi connectivity index (χ3n) is 2.74. The molecule has 1 N–H and O–H groups in total. The molecule has 19 heavy (non-hydrogen) atoms. The fourth-order valence-corrected chi connectivity index (χ4v) is 2.57. The van der Waals surface area contributed by atoms with E-state index in [1.54, 1.807) is 30.3 Å². The first-order valence-corrected chi connectivity index (χ1v) is 7.08. The van der Waals surface area contributed by atoms with Crippen molar-refractivity contribution in [3.8, 4) is 5.75 Å². The molecule has 5 heteroatoms. The number of aliphatic hydroxyl groups excluding tert-OH is 1. The number of ether oxygens (including phenoxy) is 1. The highest BCUT2D eigenvalue weighted by Gasteiger charge is 2.19. The SMILES string of the molecule is COc1ccc(Br)cc1C(O)c1cc(Br)ccc1F. The number of halogens is 3. The second kappa shape index (κ2) is 6.03. The van der Waals surface area contributed by atoms with Gasteiger partial charge >= 0.3 is 0 Å². The minimum atomic E-state index is -1.09. The molecule has 0 spiro atoms. The van der Waals surface area contributed by atoms with Crippen LogP contribution in [-0.4, -0.2) is 12.2 Å². The van der Waals surface area contributed by atoms with Crippen molar-refractivity contribution in [2.75, 3.05) is 7.11 Å². The molecule has 1 unspecified atom stereocenters. The lowest BCUT2D eigenvalue weighted by Crippen LogP contribution is -2.05. The Morgan fingerprint density at radius 2 is 1.63 bits per heavy atom. The third-order valence-corrected chi connectivity index (χ3v) is 3.73. The summed E-state index contributed by atoms with van der Waals surface area (Å²) >= 11 is 6.60. The van der Waals surface area contributed by atoms with Crippen molar-refractivity contribution in [3.05, 3.63) is 62.3 Å². The normalized spacial score (nSPS) is 12.3. The minimum absolute atomic E-state index is 0.200. The van der Waals surface area contributed by atoms with Gasteiger partial charge in [0.05, 0.1) is 7.11 Å². The van der Waals surface area contributed by atoms with E-state index in [0.717, 1.165) is 4.47 Å². The molecule has 0 aliphatic rings. The second-order valence-corrected chi connectivity index (χ2v) is 5.79. The lowest BCUT2D eigenvalue weighted by atomic mass is 10.0. The first kappa shape index (κ1) is 14.5. The van der Waals surface area contributed by atoms with Crippen LogP contribution in [0.2, 0.25) is 0 Å². The summed E-state index contributed by atoms with van der Waals surface area (Å²) in [5.74, 6) is 0.0489. The van der Waals surface area contributed by atoms with E-state index in [1.165, 1.54) is 13.2 Å². The lowest BCUT2D eigenvalue weighted by Gasteiger charge is -2.16. The Bertz CT molecular complexity index is 602. The zero-order chi connectivity index (χ0) is 14.0. The predicted molar refractivity (Wildman–Crippen MR) is 78.9 cm³/mol. The molecule has 0 radical (unpaired) electrons. The summed E-state index contributed by atoms with van der Waals surface area (Å²) in [6.45, 7) is 0. The van der Waals surface area contributed by atoms with Gasteiger partial charge in [0.2, 0.25) is 0 Å². The van der Waals surface area contributed by atoms with Gasteiger partial charge in [-0.25, -0.2) is 4.39 Å². The minimum Gasteiger partial charge on any atom is -0.496 e. The van der Waals surface area contributed by atoms with Crippen LogP contribution in [0.4, 0.5) is 4.39 Å². The highest BCUT2D eigenvalue weighted by atomic mass is 79.9. The maximum atomic E-state index is 13.8. The molecular weight excluding hydrogens is 379 g/mol. The summed E-state index contributed by atoms with van der Waals surface area (Å²) in [5, 5.41) is 10.4. The molecule has 0 aliphatic carbocycles. The number of hydrogen-bond donors (Lipinski definition) is 1. The molecule has 2 aromatic rings. The van der Waals surface area contributed by atoms with Crippen molar-refractivity contribution in [1.82, 2.24) is 0 Å². The van der Waals surface area contributed by atoms with Crippen LogP contribution in [0.15, 0.2) is 45.3 Å². The summed E-state index contributed by atoms with van der Waals surface area (Å²) in [6, 6.07) is 9.69. The average molecular weight is 390 g/mol. The van der Waals surface area contributed by atoms with Crippen LogP contribution in [0.3, 0.4) is 0 Å². The molecule has 0 amide bonds. The first-order valence-electron chi connectivity index (χ1n) is 5.49. The van der Waals surface area contributed by atoms with E-state index < -0.39 is 11.9 Å². The number of methoxy groups -OCH3 is 1. The van der Waals surface area contributed by atoms with Crippen molar-refractivity contribution >= 4 is 31.9 Å². The van der Waals surface area contributed by atoms with Crippen LogP contribution in [0.1, 0.15) is 17.2 Å². The Hall–Kier alpha value is -0.910. The van der Waals surface area contributed by atoms with Crippen LogP contribution in [0, 0.1) is 5.82 Å². The fraction of sp³-hybridized carbons (Fsp3) is 0.143. The Labute approximate surface area is 127 Å². The van der Waals surface area contributed by atoms with E-state index in [2.05, 4.69) is 31.9 Å². The van der Waals surface area contributed by atoms with Gasteiger partial charge in [0, 0.05) is 20.1 Å². The van der Waals surface area contributed by atoms with E-state index in [1.807, 2.05) is 0 Å². The Kier molecular flexibility index (Phi) is 4.60. The molecule has 0 saturated heterocycles. The molecule has 0 bridgehead atoms. The monoisotopic (exact) mass is 388 g/mol. The second-order valence-electron chi connectivity index (χ2n) is 3.95. The lowest BCUT2D eigenvalue weighted by molar-refractivity contribution is 0.209. The molecule has 0 aliphatic heterocycles. The van der Waals surface area contributed by atoms with Gasteiger partial charge in [-0.05, 0) is 36.4 Å². The molecule has 2 rings (SSSR count). The molecule has 0 saturated carbocycles. The molecule has 100 valence electrons. The zero-order valence-electron chi connectivity index (χ0n) is 10.0. The molecular formula is C14H11Br2FO2. The third kappa shape index (κ3) is 3.16. The Morgan fingerprint density at radius 1 is 1.05 bits per heavy atom. The van der Waals surface area contributed by atoms with Gasteiger partial charge < -0.3 is 9.84 Å². The number of hydrogen-bond acceptors (Lipinski definition) is 2. The topological polar surface area (TPSA) is 29.5 Å². The van der Waals surface area contributed by atoms with Crippen LogP contribution >= 0.6 is 31.9 Å². The number of benzene rings is 2. The summed E-state index contributed by atoms with van der Waals surface area (Å²) in [6.07, 6.45) is -1.09. The fourth-order valence-electron chi connectivity index (χ4n) is 1.81. The van der Waals surface area contributed by atoms with Crippen molar-refractivity contribution in [1.29, 1.82) is 0 Å². The van der Waals surface area contributed by atoms with Gasteiger partial charge in [-0.3, -0.25) is 0 Å². The molecule has 0 fully saturated rings.